The van der Waals surface area contributed by atoms with Crippen molar-refractivity contribution in [2.24, 2.45) is 0 Å². The van der Waals surface area contributed by atoms with E-state index in [9.17, 15) is 14.4 Å². The Balaban J connectivity index is 4.38. The number of carbonyl (C=O) groups excluding carboxylic acids is 3. The van der Waals surface area contributed by atoms with Gasteiger partial charge < -0.3 is 14.2 Å². The predicted octanol–water partition coefficient (Wildman–Crippen LogP) is 18.4. The van der Waals surface area contributed by atoms with Crippen LogP contribution in [-0.4, -0.2) is 37.2 Å². The first-order chi connectivity index (χ1) is 32.0. The maximum Gasteiger partial charge on any atom is 0.306 e. The lowest BCUT2D eigenvalue weighted by Gasteiger charge is -2.18. The normalized spacial score (nSPS) is 12.5. The number of ether oxygens (including phenoxy) is 3. The molecule has 6 heteroatoms. The van der Waals surface area contributed by atoms with Crippen LogP contribution in [0.4, 0.5) is 0 Å². The number of rotatable bonds is 50. The van der Waals surface area contributed by atoms with Gasteiger partial charge in [0.05, 0.1) is 0 Å². The van der Waals surface area contributed by atoms with Gasteiger partial charge in [0, 0.05) is 19.3 Å². The zero-order valence-electron chi connectivity index (χ0n) is 43.0. The van der Waals surface area contributed by atoms with Crippen molar-refractivity contribution in [2.75, 3.05) is 13.2 Å². The van der Waals surface area contributed by atoms with Gasteiger partial charge in [0.2, 0.25) is 0 Å². The molecular formula is C59H104O6. The summed E-state index contributed by atoms with van der Waals surface area (Å²) in [4.78, 5) is 38.1. The highest BCUT2D eigenvalue weighted by atomic mass is 16.6. The molecule has 6 nitrogen and oxygen atoms in total. The minimum atomic E-state index is -0.787. The van der Waals surface area contributed by atoms with E-state index in [0.29, 0.717) is 19.3 Å². The number of hydrogen-bond acceptors (Lipinski definition) is 6. The van der Waals surface area contributed by atoms with E-state index in [1.165, 1.54) is 135 Å². The molecule has 0 aromatic carbocycles. The van der Waals surface area contributed by atoms with Gasteiger partial charge in [0.15, 0.2) is 6.10 Å². The Bertz CT molecular complexity index is 1180. The first-order valence-electron chi connectivity index (χ1n) is 27.8. The highest BCUT2D eigenvalue weighted by Gasteiger charge is 2.19. The lowest BCUT2D eigenvalue weighted by Crippen LogP contribution is -2.30. The van der Waals surface area contributed by atoms with Crippen LogP contribution in [0.25, 0.3) is 0 Å². The van der Waals surface area contributed by atoms with Gasteiger partial charge in [0.25, 0.3) is 0 Å². The Morgan fingerprint density at radius 1 is 0.308 bits per heavy atom. The van der Waals surface area contributed by atoms with Gasteiger partial charge in [-0.2, -0.15) is 0 Å². The molecule has 0 aliphatic rings. The fraction of sp³-hybridized carbons (Fsp3) is 0.780. The zero-order chi connectivity index (χ0) is 47.2. The zero-order valence-corrected chi connectivity index (χ0v) is 43.0. The maximum absolute atomic E-state index is 12.8. The Labute approximate surface area is 402 Å². The van der Waals surface area contributed by atoms with Crippen LogP contribution in [0.2, 0.25) is 0 Å². The molecule has 0 saturated carbocycles. The lowest BCUT2D eigenvalue weighted by atomic mass is 10.1. The van der Waals surface area contributed by atoms with Gasteiger partial charge in [-0.15, -0.1) is 0 Å². The highest BCUT2D eigenvalue weighted by molar-refractivity contribution is 5.71. The summed E-state index contributed by atoms with van der Waals surface area (Å²) in [6, 6.07) is 0. The van der Waals surface area contributed by atoms with Crippen LogP contribution < -0.4 is 0 Å². The molecule has 0 fully saturated rings. The predicted molar refractivity (Wildman–Crippen MR) is 279 cm³/mol. The smallest absolute Gasteiger partial charge is 0.306 e. The molecule has 0 amide bonds. The van der Waals surface area contributed by atoms with Crippen molar-refractivity contribution in [1.29, 1.82) is 0 Å². The number of hydrogen-bond donors (Lipinski definition) is 0. The molecule has 0 N–H and O–H groups in total. The van der Waals surface area contributed by atoms with Crippen molar-refractivity contribution in [2.45, 2.75) is 284 Å². The molecule has 0 aromatic heterocycles. The number of esters is 3. The van der Waals surface area contributed by atoms with Gasteiger partial charge in [-0.1, -0.05) is 223 Å². The summed E-state index contributed by atoms with van der Waals surface area (Å²) in [5.74, 6) is -0.908. The molecule has 1 atom stereocenters. The third-order valence-electron chi connectivity index (χ3n) is 12.0. The number of allylic oxidation sites excluding steroid dienone is 10. The van der Waals surface area contributed by atoms with Crippen LogP contribution in [0.15, 0.2) is 60.8 Å². The van der Waals surface area contributed by atoms with Crippen LogP contribution in [-0.2, 0) is 28.6 Å². The van der Waals surface area contributed by atoms with E-state index in [-0.39, 0.29) is 31.1 Å². The molecule has 0 radical (unpaired) electrons. The van der Waals surface area contributed by atoms with Gasteiger partial charge in [-0.05, 0) is 96.3 Å². The average Bonchev–Trinajstić information content (AvgIpc) is 3.30. The van der Waals surface area contributed by atoms with Crippen LogP contribution in [0.1, 0.15) is 278 Å². The van der Waals surface area contributed by atoms with E-state index < -0.39 is 6.10 Å². The van der Waals surface area contributed by atoms with Crippen molar-refractivity contribution < 1.29 is 28.6 Å². The van der Waals surface area contributed by atoms with E-state index in [1.807, 2.05) is 0 Å². The Kier molecular flexibility index (Phi) is 51.3. The summed E-state index contributed by atoms with van der Waals surface area (Å²) in [7, 11) is 0. The lowest BCUT2D eigenvalue weighted by molar-refractivity contribution is -0.167. The summed E-state index contributed by atoms with van der Waals surface area (Å²) >= 11 is 0. The first-order valence-corrected chi connectivity index (χ1v) is 27.8. The second kappa shape index (κ2) is 53.7. The summed E-state index contributed by atoms with van der Waals surface area (Å²) < 4.78 is 16.8. The summed E-state index contributed by atoms with van der Waals surface area (Å²) in [6.45, 7) is 6.54. The minimum absolute atomic E-state index is 0.0849. The average molecular weight is 909 g/mol. The molecule has 0 bridgehead atoms. The van der Waals surface area contributed by atoms with E-state index in [4.69, 9.17) is 14.2 Å². The first kappa shape index (κ1) is 62.1. The third-order valence-corrected chi connectivity index (χ3v) is 12.0. The Morgan fingerprint density at radius 2 is 0.569 bits per heavy atom. The van der Waals surface area contributed by atoms with E-state index in [2.05, 4.69) is 81.5 Å². The van der Waals surface area contributed by atoms with Crippen LogP contribution >= 0.6 is 0 Å². The molecule has 0 saturated heterocycles. The van der Waals surface area contributed by atoms with Gasteiger partial charge >= 0.3 is 17.9 Å². The Hall–Kier alpha value is -2.89. The van der Waals surface area contributed by atoms with Crippen LogP contribution in [0.3, 0.4) is 0 Å². The molecule has 0 unspecified atom stereocenters. The molecular weight excluding hydrogens is 805 g/mol. The Morgan fingerprint density at radius 3 is 0.908 bits per heavy atom. The second-order valence-corrected chi connectivity index (χ2v) is 18.5. The van der Waals surface area contributed by atoms with Crippen molar-refractivity contribution in [3.8, 4) is 0 Å². The topological polar surface area (TPSA) is 78.9 Å². The standard InChI is InChI=1S/C59H104O6/c1-4-7-10-13-16-19-22-25-28-29-30-31-32-35-37-40-43-46-49-52-58(61)64-55-56(65-59(62)53-50-47-44-41-38-34-27-24-21-18-15-12-9-6-3)54-63-57(60)51-48-45-42-39-36-33-26-23-20-17-14-11-8-5-2/h14-15,17-18,23-28,56H,4-13,16,19-22,29-55H2,1-3H3/b17-14-,18-15-,26-23-,27-24-,28-25-/t56-/m1/s1. The quantitative estimate of drug-likeness (QED) is 0.0262. The summed E-state index contributed by atoms with van der Waals surface area (Å²) in [5, 5.41) is 0. The van der Waals surface area contributed by atoms with Gasteiger partial charge in [-0.3, -0.25) is 14.4 Å². The van der Waals surface area contributed by atoms with E-state index in [1.54, 1.807) is 0 Å². The molecule has 0 aliphatic heterocycles. The summed E-state index contributed by atoms with van der Waals surface area (Å²) in [5.41, 5.74) is 0. The van der Waals surface area contributed by atoms with Crippen LogP contribution in [0.5, 0.6) is 0 Å². The van der Waals surface area contributed by atoms with Gasteiger partial charge in [-0.25, -0.2) is 0 Å². The number of unbranched alkanes of at least 4 members (excludes halogenated alkanes) is 29. The summed E-state index contributed by atoms with van der Waals surface area (Å²) in [6.07, 6.45) is 66.3. The van der Waals surface area contributed by atoms with Crippen molar-refractivity contribution in [3.05, 3.63) is 60.8 Å². The fourth-order valence-corrected chi connectivity index (χ4v) is 7.71. The minimum Gasteiger partial charge on any atom is -0.462 e. The molecule has 0 aliphatic carbocycles. The SMILES string of the molecule is CCCC/C=C\C/C=C\CCCCCCCC(=O)OC[C@H](COC(=O)CCCCCCCCCCC/C=C\CCCCCCCC)OC(=O)CCCCCCC/C=C\C/C=C\CCCC. The monoisotopic (exact) mass is 909 g/mol. The molecule has 0 heterocycles. The molecule has 0 spiro atoms. The van der Waals surface area contributed by atoms with Crippen molar-refractivity contribution in [1.82, 2.24) is 0 Å². The van der Waals surface area contributed by atoms with Gasteiger partial charge in [0.1, 0.15) is 13.2 Å². The molecule has 65 heavy (non-hydrogen) atoms. The molecule has 0 rings (SSSR count). The molecule has 0 aromatic rings. The third kappa shape index (κ3) is 51.9. The second-order valence-electron chi connectivity index (χ2n) is 18.5. The molecule has 376 valence electrons. The van der Waals surface area contributed by atoms with Crippen molar-refractivity contribution >= 4 is 17.9 Å². The maximum atomic E-state index is 12.8. The van der Waals surface area contributed by atoms with E-state index in [0.717, 1.165) is 103 Å². The van der Waals surface area contributed by atoms with E-state index >= 15 is 0 Å². The van der Waals surface area contributed by atoms with Crippen molar-refractivity contribution in [3.63, 3.8) is 0 Å². The van der Waals surface area contributed by atoms with Crippen LogP contribution in [0, 0.1) is 0 Å². The number of carbonyl (C=O) groups is 3. The fourth-order valence-electron chi connectivity index (χ4n) is 7.71. The highest BCUT2D eigenvalue weighted by Crippen LogP contribution is 2.15. The largest absolute Gasteiger partial charge is 0.462 e.